The summed E-state index contributed by atoms with van der Waals surface area (Å²) in [5.41, 5.74) is 7.07. The molecule has 3 rings (SSSR count). The first-order valence-corrected chi connectivity index (χ1v) is 13.1. The minimum atomic E-state index is -1.04. The van der Waals surface area contributed by atoms with Gasteiger partial charge in [0, 0.05) is 19.6 Å². The Labute approximate surface area is 226 Å². The fraction of sp³-hybridized carbons (Fsp3) is 0.577. The van der Waals surface area contributed by atoms with E-state index in [9.17, 15) is 24.0 Å². The number of nitrogens with one attached hydrogen (secondary N) is 2. The summed E-state index contributed by atoms with van der Waals surface area (Å²) in [7, 11) is 0. The number of amides is 5. The lowest BCUT2D eigenvalue weighted by Gasteiger charge is -2.28. The summed E-state index contributed by atoms with van der Waals surface area (Å²) < 4.78 is 16.6. The number of hydrogen-bond acceptors (Lipinski definition) is 9. The molecule has 0 aliphatic carbocycles. The second-order valence-corrected chi connectivity index (χ2v) is 9.27. The van der Waals surface area contributed by atoms with Crippen molar-refractivity contribution in [2.75, 3.05) is 46.2 Å². The van der Waals surface area contributed by atoms with Crippen molar-refractivity contribution in [3.63, 3.8) is 0 Å². The lowest BCUT2D eigenvalue weighted by Crippen LogP contribution is -2.54. The predicted octanol–water partition coefficient (Wildman–Crippen LogP) is 0.965. The van der Waals surface area contributed by atoms with Gasteiger partial charge in [-0.25, -0.2) is 4.79 Å². The first-order chi connectivity index (χ1) is 18.8. The second kappa shape index (κ2) is 15.3. The number of ether oxygens (including phenoxy) is 3. The zero-order valence-electron chi connectivity index (χ0n) is 21.8. The van der Waals surface area contributed by atoms with Crippen molar-refractivity contribution in [2.45, 2.75) is 50.6 Å². The Balaban J connectivity index is 1.32. The summed E-state index contributed by atoms with van der Waals surface area (Å²) in [4.78, 5) is 61.1. The number of carbonyl (C=O) groups is 5. The molecule has 214 valence electrons. The van der Waals surface area contributed by atoms with E-state index in [0.717, 1.165) is 30.6 Å². The first-order valence-electron chi connectivity index (χ1n) is 13.1. The quantitative estimate of drug-likeness (QED) is 0.161. The Morgan fingerprint density at radius 3 is 2.41 bits per heavy atom. The molecule has 13 heteroatoms. The molecule has 1 aromatic carbocycles. The number of carbonyl (C=O) groups excluding carboxylic acids is 4. The Bertz CT molecular complexity index is 1050. The van der Waals surface area contributed by atoms with Crippen molar-refractivity contribution in [3.05, 3.63) is 34.9 Å². The zero-order chi connectivity index (χ0) is 28.2. The molecule has 0 saturated carbocycles. The molecule has 2 heterocycles. The van der Waals surface area contributed by atoms with Gasteiger partial charge < -0.3 is 30.4 Å². The first kappa shape index (κ1) is 30.2. The highest BCUT2D eigenvalue weighted by Crippen LogP contribution is 2.32. The fourth-order valence-corrected chi connectivity index (χ4v) is 4.47. The van der Waals surface area contributed by atoms with E-state index in [1.165, 1.54) is 6.07 Å². The molecule has 5 N–H and O–H groups in total. The van der Waals surface area contributed by atoms with Gasteiger partial charge >= 0.3 is 6.09 Å². The van der Waals surface area contributed by atoms with Crippen molar-refractivity contribution in [3.8, 4) is 0 Å². The van der Waals surface area contributed by atoms with Gasteiger partial charge in [-0.2, -0.15) is 0 Å². The van der Waals surface area contributed by atoms with Crippen LogP contribution in [-0.4, -0.2) is 92.0 Å². The highest BCUT2D eigenvalue weighted by atomic mass is 16.5. The molecular formula is C26H36N4O9. The summed E-state index contributed by atoms with van der Waals surface area (Å²) in [6.07, 6.45) is 2.75. The van der Waals surface area contributed by atoms with E-state index in [1.54, 1.807) is 12.1 Å². The summed E-state index contributed by atoms with van der Waals surface area (Å²) in [6, 6.07) is 3.10. The van der Waals surface area contributed by atoms with Crippen LogP contribution in [0.1, 0.15) is 70.8 Å². The largest absolute Gasteiger partial charge is 0.465 e. The molecule has 39 heavy (non-hydrogen) atoms. The van der Waals surface area contributed by atoms with Crippen LogP contribution in [0.5, 0.6) is 0 Å². The van der Waals surface area contributed by atoms with Crippen molar-refractivity contribution in [1.82, 2.24) is 15.5 Å². The van der Waals surface area contributed by atoms with Crippen LogP contribution in [0.4, 0.5) is 4.79 Å². The minimum Gasteiger partial charge on any atom is -0.465 e. The number of rotatable bonds is 17. The smallest absolute Gasteiger partial charge is 0.404 e. The van der Waals surface area contributed by atoms with Gasteiger partial charge in [-0.05, 0) is 30.9 Å². The van der Waals surface area contributed by atoms with Gasteiger partial charge in [0.15, 0.2) is 0 Å². The van der Waals surface area contributed by atoms with Crippen LogP contribution in [0.2, 0.25) is 0 Å². The number of nitrogens with zero attached hydrogens (tertiary/aromatic N) is 1. The van der Waals surface area contributed by atoms with E-state index >= 15 is 0 Å². The van der Waals surface area contributed by atoms with Gasteiger partial charge in [0.05, 0.1) is 50.2 Å². The van der Waals surface area contributed by atoms with Gasteiger partial charge in [0.25, 0.3) is 11.8 Å². The Hall–Kier alpha value is -3.39. The van der Waals surface area contributed by atoms with Crippen molar-refractivity contribution in [2.24, 2.45) is 5.73 Å². The number of imide groups is 2. The van der Waals surface area contributed by atoms with Crippen LogP contribution >= 0.6 is 0 Å². The standard InChI is InChI=1S/C26H36N4O9/c27-19(16-39-15-14-38-13-12-37-11-4-2-1-3-10-28-26(35)36)17-6-5-7-18-22(17)25(34)30(24(18)33)20-8-9-21(31)29-23(20)32/h5-7,19-20,28H,1-4,8-16,27H2,(H,35,36)(H,29,31,32). The molecule has 2 aliphatic heterocycles. The summed E-state index contributed by atoms with van der Waals surface area (Å²) in [6.45, 7) is 2.66. The van der Waals surface area contributed by atoms with Gasteiger partial charge in [-0.1, -0.05) is 25.0 Å². The van der Waals surface area contributed by atoms with Crippen LogP contribution < -0.4 is 16.4 Å². The lowest BCUT2D eigenvalue weighted by molar-refractivity contribution is -0.136. The van der Waals surface area contributed by atoms with Gasteiger partial charge in [0.1, 0.15) is 6.04 Å². The molecule has 2 unspecified atom stereocenters. The molecule has 1 aromatic rings. The van der Waals surface area contributed by atoms with E-state index in [0.29, 0.717) is 38.5 Å². The lowest BCUT2D eigenvalue weighted by atomic mass is 9.97. The Morgan fingerprint density at radius 2 is 1.69 bits per heavy atom. The van der Waals surface area contributed by atoms with Crippen molar-refractivity contribution >= 4 is 29.7 Å². The van der Waals surface area contributed by atoms with E-state index in [2.05, 4.69) is 10.6 Å². The summed E-state index contributed by atoms with van der Waals surface area (Å²) in [5, 5.41) is 13.0. The maximum atomic E-state index is 13.2. The molecule has 1 fully saturated rings. The average molecular weight is 549 g/mol. The third-order valence-corrected chi connectivity index (χ3v) is 6.43. The maximum Gasteiger partial charge on any atom is 0.404 e. The van der Waals surface area contributed by atoms with Crippen LogP contribution in [0.25, 0.3) is 0 Å². The molecule has 0 aromatic heterocycles. The number of unbranched alkanes of at least 4 members (excludes halogenated alkanes) is 3. The van der Waals surface area contributed by atoms with E-state index < -0.39 is 41.8 Å². The second-order valence-electron chi connectivity index (χ2n) is 9.27. The molecule has 0 radical (unpaired) electrons. The molecule has 0 bridgehead atoms. The van der Waals surface area contributed by atoms with Crippen molar-refractivity contribution in [1.29, 1.82) is 0 Å². The van der Waals surface area contributed by atoms with Gasteiger partial charge in [-0.15, -0.1) is 0 Å². The highest BCUT2D eigenvalue weighted by molar-refractivity contribution is 6.24. The fourth-order valence-electron chi connectivity index (χ4n) is 4.47. The normalized spacial score (nSPS) is 17.8. The van der Waals surface area contributed by atoms with Crippen LogP contribution in [0, 0.1) is 0 Å². The monoisotopic (exact) mass is 548 g/mol. The molecule has 0 spiro atoms. The van der Waals surface area contributed by atoms with Crippen LogP contribution in [0.3, 0.4) is 0 Å². The number of carboxylic acid groups (broad SMARTS) is 1. The van der Waals surface area contributed by atoms with Crippen LogP contribution in [-0.2, 0) is 23.8 Å². The van der Waals surface area contributed by atoms with Crippen LogP contribution in [0.15, 0.2) is 18.2 Å². The number of piperidine rings is 1. The number of benzene rings is 1. The summed E-state index contributed by atoms with van der Waals surface area (Å²) in [5.74, 6) is -2.28. The maximum absolute atomic E-state index is 13.2. The third kappa shape index (κ3) is 8.55. The minimum absolute atomic E-state index is 0.0495. The Morgan fingerprint density at radius 1 is 1.00 bits per heavy atom. The van der Waals surface area contributed by atoms with Crippen molar-refractivity contribution < 1.29 is 43.3 Å². The summed E-state index contributed by atoms with van der Waals surface area (Å²) >= 11 is 0. The number of hydrogen-bond donors (Lipinski definition) is 4. The molecule has 13 nitrogen and oxygen atoms in total. The molecule has 5 amide bonds. The average Bonchev–Trinajstić information content (AvgIpc) is 3.16. The van der Waals surface area contributed by atoms with E-state index in [1.807, 2.05) is 0 Å². The topological polar surface area (TPSA) is 187 Å². The number of nitrogens with two attached hydrogens (primary N) is 1. The van der Waals surface area contributed by atoms with Gasteiger partial charge in [0.2, 0.25) is 11.8 Å². The molecular weight excluding hydrogens is 512 g/mol. The van der Waals surface area contributed by atoms with E-state index in [4.69, 9.17) is 25.1 Å². The zero-order valence-corrected chi connectivity index (χ0v) is 21.8. The predicted molar refractivity (Wildman–Crippen MR) is 137 cm³/mol. The molecule has 1 saturated heterocycles. The molecule has 2 atom stereocenters. The third-order valence-electron chi connectivity index (χ3n) is 6.43. The van der Waals surface area contributed by atoms with Gasteiger partial charge in [-0.3, -0.25) is 29.4 Å². The Kier molecular flexibility index (Phi) is 11.8. The molecule has 2 aliphatic rings. The SMILES string of the molecule is NC(COCCOCCOCCCCCCNC(=O)O)c1cccc2c1C(=O)N(C1CCC(=O)NC1=O)C2=O. The van der Waals surface area contributed by atoms with E-state index in [-0.39, 0.29) is 37.2 Å². The number of fused-ring (bicyclic) bond motifs is 1. The highest BCUT2D eigenvalue weighted by Gasteiger charge is 2.45.